The molecular formula is C36H59NO11. The summed E-state index contributed by atoms with van der Waals surface area (Å²) in [6.07, 6.45) is 1.04. The molecule has 12 nitrogen and oxygen atoms in total. The predicted molar refractivity (Wildman–Crippen MR) is 173 cm³/mol. The van der Waals surface area contributed by atoms with Crippen LogP contribution in [0, 0.1) is 50.2 Å². The summed E-state index contributed by atoms with van der Waals surface area (Å²) in [6.45, 7) is 12.8. The maximum Gasteiger partial charge on any atom is 0.303 e. The van der Waals surface area contributed by atoms with Gasteiger partial charge in [-0.1, -0.05) is 25.9 Å². The van der Waals surface area contributed by atoms with Gasteiger partial charge in [-0.2, -0.15) is 4.91 Å². The number of carbonyl (C=O) groups excluding carboxylic acids is 1. The molecule has 6 rings (SSSR count). The molecule has 0 bridgehead atoms. The van der Waals surface area contributed by atoms with Crippen molar-refractivity contribution in [2.45, 2.75) is 167 Å². The standard InChI is InChI=1S/C36H59NO11/c1-18-14-24(29(32(4,5)43)46-20(3)39)48-30(42)26(18)33(6)12-13-36-17-35(36)11-10-22(47-31-27(37-44)28(41)23(40)16-45-31)15-21(35)8-9-25(36)34(33,7)19(2)38/h18-19,21-31,38,40-43H,8-17H2,1-7H3. The van der Waals surface area contributed by atoms with Crippen LogP contribution in [0.3, 0.4) is 0 Å². The first-order valence-electron chi connectivity index (χ1n) is 18.2. The number of nitroso groups, excluding NO2 is 1. The molecule has 17 atom stereocenters. The van der Waals surface area contributed by atoms with E-state index in [0.717, 1.165) is 51.4 Å². The molecule has 6 fully saturated rings. The Morgan fingerprint density at radius 2 is 1.75 bits per heavy atom. The molecule has 0 aromatic heterocycles. The number of hydrogen-bond donors (Lipinski definition) is 5. The fourth-order valence-corrected chi connectivity index (χ4v) is 12.5. The Kier molecular flexibility index (Phi) is 9.48. The van der Waals surface area contributed by atoms with E-state index in [1.165, 1.54) is 6.92 Å². The van der Waals surface area contributed by atoms with Gasteiger partial charge in [-0.3, -0.25) is 4.79 Å². The van der Waals surface area contributed by atoms with E-state index in [2.05, 4.69) is 25.9 Å². The number of esters is 1. The first-order chi connectivity index (χ1) is 22.4. The van der Waals surface area contributed by atoms with Gasteiger partial charge < -0.3 is 44.5 Å². The van der Waals surface area contributed by atoms with E-state index in [-0.39, 0.29) is 41.3 Å². The Balaban J connectivity index is 1.20. The number of ether oxygens (including phenoxy) is 4. The summed E-state index contributed by atoms with van der Waals surface area (Å²) in [4.78, 5) is 23.4. The van der Waals surface area contributed by atoms with Gasteiger partial charge in [-0.05, 0) is 113 Å². The van der Waals surface area contributed by atoms with Gasteiger partial charge in [0.2, 0.25) is 0 Å². The van der Waals surface area contributed by atoms with Crippen LogP contribution in [0.15, 0.2) is 5.18 Å². The van der Waals surface area contributed by atoms with Crippen molar-refractivity contribution in [1.29, 1.82) is 0 Å². The molecule has 0 aromatic rings. The molecule has 2 spiro atoms. The van der Waals surface area contributed by atoms with Crippen LogP contribution in [-0.4, -0.2) is 99.0 Å². The van der Waals surface area contributed by atoms with E-state index in [9.17, 15) is 35.2 Å². The molecule has 2 aliphatic heterocycles. The Hall–Kier alpha value is -1.25. The lowest BCUT2D eigenvalue weighted by molar-refractivity contribution is -0.300. The fraction of sp³-hybridized carbons (Fsp3) is 0.972. The lowest BCUT2D eigenvalue weighted by Crippen LogP contribution is -2.65. The predicted octanol–water partition coefficient (Wildman–Crippen LogP) is 3.42. The van der Waals surface area contributed by atoms with Crippen LogP contribution in [0.4, 0.5) is 0 Å². The summed E-state index contributed by atoms with van der Waals surface area (Å²) >= 11 is 0. The lowest BCUT2D eigenvalue weighted by atomic mass is 9.39. The third kappa shape index (κ3) is 5.42. The maximum atomic E-state index is 11.9. The highest BCUT2D eigenvalue weighted by Crippen LogP contribution is 2.86. The molecule has 5 N–H and O–H groups in total. The molecule has 2 saturated heterocycles. The molecule has 274 valence electrons. The van der Waals surface area contributed by atoms with E-state index in [4.69, 9.17) is 18.9 Å². The highest BCUT2D eigenvalue weighted by Gasteiger charge is 2.81. The zero-order valence-corrected chi connectivity index (χ0v) is 29.7. The van der Waals surface area contributed by atoms with Crippen molar-refractivity contribution in [3.63, 3.8) is 0 Å². The molecule has 4 saturated carbocycles. The molecule has 0 aromatic carbocycles. The van der Waals surface area contributed by atoms with Gasteiger partial charge in [0.25, 0.3) is 0 Å². The average Bonchev–Trinajstić information content (AvgIpc) is 3.67. The van der Waals surface area contributed by atoms with Crippen LogP contribution in [0.2, 0.25) is 0 Å². The van der Waals surface area contributed by atoms with Crippen LogP contribution in [-0.2, 0) is 23.7 Å². The molecule has 4 aliphatic carbocycles. The van der Waals surface area contributed by atoms with Crippen LogP contribution in [0.1, 0.15) is 106 Å². The number of hydrogen-bond acceptors (Lipinski definition) is 12. The number of rotatable bonds is 8. The van der Waals surface area contributed by atoms with Crippen molar-refractivity contribution >= 4 is 5.97 Å². The van der Waals surface area contributed by atoms with Crippen molar-refractivity contribution in [3.8, 4) is 0 Å². The summed E-state index contributed by atoms with van der Waals surface area (Å²) < 4.78 is 23.7. The first-order valence-corrected chi connectivity index (χ1v) is 18.2. The summed E-state index contributed by atoms with van der Waals surface area (Å²) in [7, 11) is 0. The molecular weight excluding hydrogens is 622 g/mol. The van der Waals surface area contributed by atoms with Crippen LogP contribution in [0.5, 0.6) is 0 Å². The van der Waals surface area contributed by atoms with E-state index in [0.29, 0.717) is 12.3 Å². The van der Waals surface area contributed by atoms with Crippen molar-refractivity contribution < 1.29 is 49.3 Å². The van der Waals surface area contributed by atoms with Crippen LogP contribution < -0.4 is 0 Å². The van der Waals surface area contributed by atoms with Gasteiger partial charge in [0, 0.05) is 18.3 Å². The summed E-state index contributed by atoms with van der Waals surface area (Å²) in [6, 6.07) is -1.17. The Morgan fingerprint density at radius 1 is 1.04 bits per heavy atom. The second-order valence-corrected chi connectivity index (χ2v) is 17.6. The van der Waals surface area contributed by atoms with Crippen molar-refractivity contribution in [3.05, 3.63) is 4.91 Å². The van der Waals surface area contributed by atoms with Gasteiger partial charge in [0.1, 0.15) is 18.3 Å². The number of nitrogens with zero attached hydrogens (tertiary/aromatic N) is 1. The third-order valence-corrected chi connectivity index (χ3v) is 14.9. The highest BCUT2D eigenvalue weighted by molar-refractivity contribution is 5.66. The maximum absolute atomic E-state index is 11.9. The first kappa shape index (κ1) is 36.5. The lowest BCUT2D eigenvalue weighted by Gasteiger charge is -2.66. The van der Waals surface area contributed by atoms with E-state index >= 15 is 0 Å². The second kappa shape index (κ2) is 12.5. The number of aliphatic hydroxyl groups excluding tert-OH is 4. The van der Waals surface area contributed by atoms with Crippen molar-refractivity contribution in [1.82, 2.24) is 0 Å². The Bertz CT molecular complexity index is 1210. The van der Waals surface area contributed by atoms with E-state index in [1.807, 2.05) is 6.92 Å². The van der Waals surface area contributed by atoms with Gasteiger partial charge in [-0.25, -0.2) is 0 Å². The van der Waals surface area contributed by atoms with Gasteiger partial charge in [0.15, 0.2) is 24.7 Å². The number of carbonyl (C=O) groups is 1. The average molecular weight is 682 g/mol. The normalized spacial score (nSPS) is 51.8. The van der Waals surface area contributed by atoms with Crippen LogP contribution in [0.25, 0.3) is 0 Å². The number of aliphatic hydroxyl groups is 5. The summed E-state index contributed by atoms with van der Waals surface area (Å²) in [5.41, 5.74) is -2.08. The highest BCUT2D eigenvalue weighted by atomic mass is 16.7. The zero-order chi connectivity index (χ0) is 35.2. The third-order valence-electron chi connectivity index (χ3n) is 14.9. The van der Waals surface area contributed by atoms with Gasteiger partial charge in [-0.15, -0.1) is 0 Å². The van der Waals surface area contributed by atoms with E-state index < -0.39 is 71.5 Å². The minimum absolute atomic E-state index is 0.0281. The largest absolute Gasteiger partial charge is 0.457 e. The molecule has 48 heavy (non-hydrogen) atoms. The zero-order valence-electron chi connectivity index (χ0n) is 29.7. The SMILES string of the molecule is CC(=O)OC(C1CC(C)C(C2(C)CCC34CC35CCC(OC3OCC(O)C(O)C3N=O)CC5CCC4C2(C)C(C)O)C(O)O1)C(C)(C)O. The van der Waals surface area contributed by atoms with Crippen molar-refractivity contribution in [2.24, 2.45) is 50.5 Å². The van der Waals surface area contributed by atoms with Crippen LogP contribution >= 0.6 is 0 Å². The molecule has 12 heteroatoms. The Morgan fingerprint density at radius 3 is 2.35 bits per heavy atom. The minimum atomic E-state index is -1.36. The van der Waals surface area contributed by atoms with E-state index in [1.54, 1.807) is 13.8 Å². The Labute approximate surface area is 284 Å². The monoisotopic (exact) mass is 681 g/mol. The molecule has 6 aliphatic rings. The fourth-order valence-electron chi connectivity index (χ4n) is 12.5. The second-order valence-electron chi connectivity index (χ2n) is 17.6. The molecule has 0 amide bonds. The van der Waals surface area contributed by atoms with Gasteiger partial charge >= 0.3 is 5.97 Å². The summed E-state index contributed by atoms with van der Waals surface area (Å²) in [5, 5.41) is 57.6. The summed E-state index contributed by atoms with van der Waals surface area (Å²) in [5.74, 6) is -0.133. The van der Waals surface area contributed by atoms with Gasteiger partial charge in [0.05, 0.1) is 24.4 Å². The van der Waals surface area contributed by atoms with Crippen molar-refractivity contribution in [2.75, 3.05) is 6.61 Å². The molecule has 0 radical (unpaired) electrons. The molecule has 17 unspecified atom stereocenters. The topological polar surface area (TPSA) is 185 Å². The molecule has 2 heterocycles. The minimum Gasteiger partial charge on any atom is -0.457 e. The smallest absolute Gasteiger partial charge is 0.303 e. The quantitative estimate of drug-likeness (QED) is 0.144.